The van der Waals surface area contributed by atoms with E-state index in [1.54, 1.807) is 13.1 Å². The van der Waals surface area contributed by atoms with Gasteiger partial charge in [-0.15, -0.1) is 0 Å². The summed E-state index contributed by atoms with van der Waals surface area (Å²) in [5.41, 5.74) is 1.83. The summed E-state index contributed by atoms with van der Waals surface area (Å²) in [4.78, 5) is 22.4. The molecule has 1 unspecified atom stereocenters. The third-order valence-corrected chi connectivity index (χ3v) is 4.71. The molecule has 0 spiro atoms. The fraction of sp³-hybridized carbons (Fsp3) is 0.368. The molecule has 1 aliphatic heterocycles. The molecule has 0 aliphatic carbocycles. The van der Waals surface area contributed by atoms with E-state index in [4.69, 9.17) is 4.98 Å². The van der Waals surface area contributed by atoms with Gasteiger partial charge in [0.15, 0.2) is 5.82 Å². The number of fused-ring (bicyclic) bond motifs is 1. The van der Waals surface area contributed by atoms with E-state index in [1.807, 2.05) is 36.5 Å². The number of aromatic nitrogens is 4. The first-order valence-corrected chi connectivity index (χ1v) is 8.86. The molecule has 0 bridgehead atoms. The van der Waals surface area contributed by atoms with E-state index in [1.165, 1.54) is 0 Å². The molecule has 3 aromatic rings. The van der Waals surface area contributed by atoms with Gasteiger partial charge in [0.2, 0.25) is 0 Å². The van der Waals surface area contributed by atoms with Crippen LogP contribution in [0.4, 0.5) is 11.6 Å². The van der Waals surface area contributed by atoms with Crippen LogP contribution >= 0.6 is 0 Å². The monoisotopic (exact) mass is 350 g/mol. The van der Waals surface area contributed by atoms with Crippen molar-refractivity contribution >= 4 is 22.7 Å². The molecule has 0 saturated carbocycles. The molecule has 0 radical (unpaired) electrons. The van der Waals surface area contributed by atoms with Crippen molar-refractivity contribution in [1.82, 2.24) is 19.9 Å². The zero-order valence-corrected chi connectivity index (χ0v) is 14.9. The average Bonchev–Trinajstić information content (AvgIpc) is 2.67. The molecule has 2 atom stereocenters. The van der Waals surface area contributed by atoms with E-state index < -0.39 is 6.10 Å². The van der Waals surface area contributed by atoms with E-state index in [2.05, 4.69) is 31.7 Å². The first kappa shape index (κ1) is 16.7. The number of piperazine rings is 1. The molecule has 0 amide bonds. The van der Waals surface area contributed by atoms with E-state index in [-0.39, 0.29) is 6.04 Å². The summed E-state index contributed by atoms with van der Waals surface area (Å²) < 4.78 is 0. The molecule has 2 aromatic heterocycles. The van der Waals surface area contributed by atoms with Crippen molar-refractivity contribution in [2.75, 3.05) is 29.4 Å². The van der Waals surface area contributed by atoms with Gasteiger partial charge in [0.05, 0.1) is 17.2 Å². The first-order chi connectivity index (χ1) is 12.6. The molecular weight excluding hydrogens is 328 g/mol. The second-order valence-electron chi connectivity index (χ2n) is 6.65. The molecule has 7 heteroatoms. The molecule has 1 saturated heterocycles. The quantitative estimate of drug-likeness (QED) is 0.776. The normalized spacial score (nSPS) is 19.0. The molecule has 4 rings (SSSR count). The average molecular weight is 350 g/mol. The molecule has 1 fully saturated rings. The van der Waals surface area contributed by atoms with E-state index >= 15 is 0 Å². The number of para-hydroxylation sites is 2. The van der Waals surface area contributed by atoms with Crippen molar-refractivity contribution in [3.63, 3.8) is 0 Å². The van der Waals surface area contributed by atoms with Crippen molar-refractivity contribution in [3.8, 4) is 0 Å². The summed E-state index contributed by atoms with van der Waals surface area (Å²) in [5.74, 6) is 2.22. The topological polar surface area (TPSA) is 78.3 Å². The highest BCUT2D eigenvalue weighted by Crippen LogP contribution is 2.23. The molecule has 3 heterocycles. The SMILES string of the molecule is CC1CN(c2cnc3ccccc3n2)CCN1c1ccnc([C@@H](C)O)n1. The van der Waals surface area contributed by atoms with Crippen molar-refractivity contribution in [3.05, 3.63) is 48.5 Å². The molecule has 26 heavy (non-hydrogen) atoms. The highest BCUT2D eigenvalue weighted by Gasteiger charge is 2.26. The third-order valence-electron chi connectivity index (χ3n) is 4.71. The van der Waals surface area contributed by atoms with Crippen LogP contribution in [0.3, 0.4) is 0 Å². The smallest absolute Gasteiger partial charge is 0.158 e. The van der Waals surface area contributed by atoms with Crippen LogP contribution in [0.1, 0.15) is 25.8 Å². The minimum absolute atomic E-state index is 0.258. The van der Waals surface area contributed by atoms with Crippen molar-refractivity contribution in [2.24, 2.45) is 0 Å². The Bertz CT molecular complexity index is 915. The number of nitrogens with zero attached hydrogens (tertiary/aromatic N) is 6. The Morgan fingerprint density at radius 2 is 1.85 bits per heavy atom. The number of anilines is 2. The summed E-state index contributed by atoms with van der Waals surface area (Å²) in [5, 5.41) is 9.72. The molecule has 134 valence electrons. The Morgan fingerprint density at radius 3 is 2.62 bits per heavy atom. The third kappa shape index (κ3) is 3.17. The maximum absolute atomic E-state index is 9.72. The van der Waals surface area contributed by atoms with Gasteiger partial charge < -0.3 is 14.9 Å². The minimum atomic E-state index is -0.667. The number of benzene rings is 1. The van der Waals surface area contributed by atoms with Crippen molar-refractivity contribution in [1.29, 1.82) is 0 Å². The molecule has 1 N–H and O–H groups in total. The number of rotatable bonds is 3. The van der Waals surface area contributed by atoms with E-state index in [0.717, 1.165) is 42.3 Å². The molecular formula is C19H22N6O. The zero-order valence-electron chi connectivity index (χ0n) is 14.9. The summed E-state index contributed by atoms with van der Waals surface area (Å²) in [6.07, 6.45) is 2.89. The lowest BCUT2D eigenvalue weighted by atomic mass is 10.2. The van der Waals surface area contributed by atoms with Crippen LogP contribution in [0.2, 0.25) is 0 Å². The first-order valence-electron chi connectivity index (χ1n) is 8.86. The predicted octanol–water partition coefficient (Wildman–Crippen LogP) is 2.19. The van der Waals surface area contributed by atoms with Gasteiger partial charge in [-0.3, -0.25) is 4.98 Å². The standard InChI is InChI=1S/C19H22N6O/c1-13-12-24(18-11-21-15-5-3-4-6-16(15)22-18)9-10-25(13)17-7-8-20-19(23-17)14(2)26/h3-8,11,13-14,26H,9-10,12H2,1-2H3/t13?,14-/m1/s1. The van der Waals surface area contributed by atoms with Crippen LogP contribution in [-0.4, -0.2) is 50.7 Å². The van der Waals surface area contributed by atoms with Crippen LogP contribution in [0.5, 0.6) is 0 Å². The van der Waals surface area contributed by atoms with Gasteiger partial charge in [-0.25, -0.2) is 15.0 Å². The second-order valence-corrected chi connectivity index (χ2v) is 6.65. The van der Waals surface area contributed by atoms with E-state index in [9.17, 15) is 5.11 Å². The van der Waals surface area contributed by atoms with Crippen LogP contribution < -0.4 is 9.80 Å². The fourth-order valence-corrected chi connectivity index (χ4v) is 3.33. The number of aliphatic hydroxyl groups excluding tert-OH is 1. The molecule has 1 aliphatic rings. The molecule has 7 nitrogen and oxygen atoms in total. The minimum Gasteiger partial charge on any atom is -0.385 e. The number of aliphatic hydroxyl groups is 1. The van der Waals surface area contributed by atoms with Crippen LogP contribution in [0, 0.1) is 0 Å². The van der Waals surface area contributed by atoms with Gasteiger partial charge >= 0.3 is 0 Å². The van der Waals surface area contributed by atoms with Crippen LogP contribution in [-0.2, 0) is 0 Å². The van der Waals surface area contributed by atoms with Gasteiger partial charge in [-0.05, 0) is 32.0 Å². The maximum atomic E-state index is 9.72. The number of hydrogen-bond donors (Lipinski definition) is 1. The Balaban J connectivity index is 1.53. The zero-order chi connectivity index (χ0) is 18.1. The number of hydrogen-bond acceptors (Lipinski definition) is 7. The lowest BCUT2D eigenvalue weighted by Crippen LogP contribution is -2.52. The van der Waals surface area contributed by atoms with Gasteiger partial charge in [0.25, 0.3) is 0 Å². The Hall–Kier alpha value is -2.80. The summed E-state index contributed by atoms with van der Waals surface area (Å²) in [7, 11) is 0. The van der Waals surface area contributed by atoms with Crippen LogP contribution in [0.25, 0.3) is 11.0 Å². The summed E-state index contributed by atoms with van der Waals surface area (Å²) >= 11 is 0. The Kier molecular flexibility index (Phi) is 4.38. The predicted molar refractivity (Wildman–Crippen MR) is 101 cm³/mol. The van der Waals surface area contributed by atoms with E-state index in [0.29, 0.717) is 5.82 Å². The highest BCUT2D eigenvalue weighted by atomic mass is 16.3. The van der Waals surface area contributed by atoms with Crippen LogP contribution in [0.15, 0.2) is 42.7 Å². The summed E-state index contributed by atoms with van der Waals surface area (Å²) in [6.45, 7) is 6.35. The van der Waals surface area contributed by atoms with Crippen molar-refractivity contribution in [2.45, 2.75) is 26.0 Å². The van der Waals surface area contributed by atoms with Gasteiger partial charge in [0.1, 0.15) is 17.7 Å². The lowest BCUT2D eigenvalue weighted by molar-refractivity contribution is 0.189. The second kappa shape index (κ2) is 6.84. The van der Waals surface area contributed by atoms with Gasteiger partial charge in [-0.1, -0.05) is 12.1 Å². The van der Waals surface area contributed by atoms with Gasteiger partial charge in [0, 0.05) is 31.9 Å². The highest BCUT2D eigenvalue weighted by molar-refractivity contribution is 5.75. The van der Waals surface area contributed by atoms with Gasteiger partial charge in [-0.2, -0.15) is 0 Å². The molecule has 1 aromatic carbocycles. The fourth-order valence-electron chi connectivity index (χ4n) is 3.33. The summed E-state index contributed by atoms with van der Waals surface area (Å²) in [6, 6.07) is 10.1. The van der Waals surface area contributed by atoms with Crippen molar-refractivity contribution < 1.29 is 5.11 Å². The maximum Gasteiger partial charge on any atom is 0.158 e. The Labute approximate surface area is 152 Å². The Morgan fingerprint density at radius 1 is 1.04 bits per heavy atom. The lowest BCUT2D eigenvalue weighted by Gasteiger charge is -2.41. The largest absolute Gasteiger partial charge is 0.385 e.